The molecule has 0 aromatic heterocycles. The van der Waals surface area contributed by atoms with E-state index in [0.29, 0.717) is 5.56 Å². The van der Waals surface area contributed by atoms with Crippen LogP contribution in [0.1, 0.15) is 24.1 Å². The Balaban J connectivity index is 1.84. The third-order valence-electron chi connectivity index (χ3n) is 5.32. The van der Waals surface area contributed by atoms with Crippen molar-refractivity contribution in [2.75, 3.05) is 30.7 Å². The minimum atomic E-state index is -3.85. The number of hydrogen-bond acceptors (Lipinski definition) is 6. The van der Waals surface area contributed by atoms with Gasteiger partial charge in [0, 0.05) is 12.6 Å². The van der Waals surface area contributed by atoms with Gasteiger partial charge in [-0.3, -0.25) is 4.79 Å². The van der Waals surface area contributed by atoms with Crippen LogP contribution in [0.3, 0.4) is 0 Å². The summed E-state index contributed by atoms with van der Waals surface area (Å²) in [6, 6.07) is 13.5. The van der Waals surface area contributed by atoms with Gasteiger partial charge in [-0.1, -0.05) is 37.3 Å². The highest BCUT2D eigenvalue weighted by Crippen LogP contribution is 2.30. The maximum Gasteiger partial charge on any atom is 0.244 e. The molecule has 0 aliphatic carbocycles. The molecule has 1 N–H and O–H groups in total. The van der Waals surface area contributed by atoms with Gasteiger partial charge in [0.05, 0.1) is 22.3 Å². The monoisotopic (exact) mass is 465 g/mol. The Morgan fingerprint density at radius 1 is 1.16 bits per heavy atom. The van der Waals surface area contributed by atoms with E-state index in [-0.39, 0.29) is 28.9 Å². The fraction of sp³-hybridized carbons (Fsp3) is 0.381. The third-order valence-corrected chi connectivity index (χ3v) is 8.77. The number of aryl methyl sites for hydroxylation is 1. The topological polar surface area (TPSA) is 104 Å². The van der Waals surface area contributed by atoms with E-state index >= 15 is 0 Å². The number of carbonyl (C=O) groups is 1. The molecule has 3 rings (SSSR count). The van der Waals surface area contributed by atoms with Crippen LogP contribution in [0.2, 0.25) is 0 Å². The van der Waals surface area contributed by atoms with Gasteiger partial charge in [0.15, 0.2) is 0 Å². The van der Waals surface area contributed by atoms with Gasteiger partial charge in [0.25, 0.3) is 0 Å². The molecule has 168 valence electrons. The number of anilines is 1. The van der Waals surface area contributed by atoms with Gasteiger partial charge in [-0.15, -0.1) is 0 Å². The molecule has 31 heavy (non-hydrogen) atoms. The van der Waals surface area contributed by atoms with Crippen molar-refractivity contribution in [3.8, 4) is 0 Å². The van der Waals surface area contributed by atoms with Crippen LogP contribution in [0.25, 0.3) is 0 Å². The SMILES string of the molecule is Cc1cc(N2C(=O)C(C)CS2(=O)=O)ccc1S(=O)(=O)NCC(c1ccccc1)N(C)C. The number of rotatable bonds is 7. The molecule has 1 heterocycles. The highest BCUT2D eigenvalue weighted by molar-refractivity contribution is 7.94. The lowest BCUT2D eigenvalue weighted by Crippen LogP contribution is -2.35. The molecule has 2 aromatic rings. The number of carbonyl (C=O) groups excluding carboxylic acids is 1. The molecule has 1 saturated heterocycles. The van der Waals surface area contributed by atoms with Gasteiger partial charge >= 0.3 is 0 Å². The van der Waals surface area contributed by atoms with Crippen LogP contribution in [0.5, 0.6) is 0 Å². The molecule has 0 bridgehead atoms. The lowest BCUT2D eigenvalue weighted by Gasteiger charge is -2.25. The minimum absolute atomic E-state index is 0.0407. The lowest BCUT2D eigenvalue weighted by molar-refractivity contribution is -0.119. The molecular formula is C21H27N3O5S2. The van der Waals surface area contributed by atoms with Crippen molar-refractivity contribution in [1.82, 2.24) is 9.62 Å². The number of sulfonamides is 2. The first-order valence-electron chi connectivity index (χ1n) is 9.82. The van der Waals surface area contributed by atoms with E-state index < -0.39 is 31.9 Å². The zero-order valence-electron chi connectivity index (χ0n) is 17.9. The minimum Gasteiger partial charge on any atom is -0.301 e. The summed E-state index contributed by atoms with van der Waals surface area (Å²) in [5.74, 6) is -1.39. The molecule has 8 nitrogen and oxygen atoms in total. The van der Waals surface area contributed by atoms with E-state index in [1.165, 1.54) is 18.2 Å². The van der Waals surface area contributed by atoms with Gasteiger partial charge in [-0.2, -0.15) is 0 Å². The predicted octanol–water partition coefficient (Wildman–Crippen LogP) is 1.89. The van der Waals surface area contributed by atoms with Gasteiger partial charge in [0.1, 0.15) is 0 Å². The van der Waals surface area contributed by atoms with Crippen LogP contribution < -0.4 is 9.03 Å². The Morgan fingerprint density at radius 3 is 2.32 bits per heavy atom. The van der Waals surface area contributed by atoms with Gasteiger partial charge < -0.3 is 4.90 Å². The normalized spacial score (nSPS) is 19.7. The molecular weight excluding hydrogens is 438 g/mol. The molecule has 0 radical (unpaired) electrons. The van der Waals surface area contributed by atoms with Gasteiger partial charge in [-0.05, 0) is 50.3 Å². The summed E-state index contributed by atoms with van der Waals surface area (Å²) in [6.07, 6.45) is 0. The lowest BCUT2D eigenvalue weighted by atomic mass is 10.1. The Labute approximate surface area is 184 Å². The van der Waals surface area contributed by atoms with E-state index in [9.17, 15) is 21.6 Å². The Morgan fingerprint density at radius 2 is 1.81 bits per heavy atom. The fourth-order valence-corrected chi connectivity index (χ4v) is 6.76. The Hall–Kier alpha value is -2.27. The molecule has 0 spiro atoms. The van der Waals surface area contributed by atoms with Gasteiger partial charge in [-0.25, -0.2) is 25.9 Å². The number of nitrogens with zero attached hydrogens (tertiary/aromatic N) is 2. The van der Waals surface area contributed by atoms with Crippen LogP contribution in [-0.4, -0.2) is 54.0 Å². The van der Waals surface area contributed by atoms with Crippen molar-refractivity contribution >= 4 is 31.6 Å². The number of likely N-dealkylation sites (N-methyl/N-ethyl adjacent to an activating group) is 1. The van der Waals surface area contributed by atoms with E-state index in [4.69, 9.17) is 0 Å². The van der Waals surface area contributed by atoms with E-state index in [1.54, 1.807) is 13.8 Å². The van der Waals surface area contributed by atoms with Crippen LogP contribution >= 0.6 is 0 Å². The molecule has 2 atom stereocenters. The average molecular weight is 466 g/mol. The molecule has 2 unspecified atom stereocenters. The Bertz CT molecular complexity index is 1180. The number of nitrogens with one attached hydrogen (secondary N) is 1. The first-order valence-corrected chi connectivity index (χ1v) is 12.9. The summed E-state index contributed by atoms with van der Waals surface area (Å²) in [5.41, 5.74) is 1.49. The summed E-state index contributed by atoms with van der Waals surface area (Å²) in [6.45, 7) is 3.30. The van der Waals surface area contributed by atoms with Crippen molar-refractivity contribution in [2.24, 2.45) is 5.92 Å². The molecule has 1 aliphatic rings. The molecule has 1 amide bonds. The average Bonchev–Trinajstić information content (AvgIpc) is 2.88. The first kappa shape index (κ1) is 23.4. The summed E-state index contributed by atoms with van der Waals surface area (Å²) in [7, 11) is -3.85. The van der Waals surface area contributed by atoms with E-state index in [1.807, 2.05) is 49.3 Å². The maximum absolute atomic E-state index is 13.0. The van der Waals surface area contributed by atoms with Crippen LogP contribution in [0.15, 0.2) is 53.4 Å². The summed E-state index contributed by atoms with van der Waals surface area (Å²) < 4.78 is 54.0. The fourth-order valence-electron chi connectivity index (χ4n) is 3.69. The summed E-state index contributed by atoms with van der Waals surface area (Å²) >= 11 is 0. The van der Waals surface area contributed by atoms with Crippen molar-refractivity contribution in [3.05, 3.63) is 59.7 Å². The molecule has 2 aromatic carbocycles. The molecule has 0 saturated carbocycles. The standard InChI is InChI=1S/C21H27N3O5S2/c1-15-12-18(24-21(25)16(2)14-30(24,26)27)10-11-20(15)31(28,29)22-13-19(23(3)4)17-8-6-5-7-9-17/h5-12,16,19,22H,13-14H2,1-4H3. The van der Waals surface area contributed by atoms with Crippen LogP contribution in [0.4, 0.5) is 5.69 Å². The Kier molecular flexibility index (Phi) is 6.56. The highest BCUT2D eigenvalue weighted by Gasteiger charge is 2.42. The molecule has 1 fully saturated rings. The predicted molar refractivity (Wildman–Crippen MR) is 120 cm³/mol. The largest absolute Gasteiger partial charge is 0.301 e. The van der Waals surface area contributed by atoms with Crippen molar-refractivity contribution < 1.29 is 21.6 Å². The van der Waals surface area contributed by atoms with Crippen molar-refractivity contribution in [2.45, 2.75) is 24.8 Å². The maximum atomic E-state index is 13.0. The zero-order chi connectivity index (χ0) is 23.0. The zero-order valence-corrected chi connectivity index (χ0v) is 19.6. The second-order valence-corrected chi connectivity index (χ2v) is 11.6. The van der Waals surface area contributed by atoms with Crippen LogP contribution in [0, 0.1) is 12.8 Å². The number of amides is 1. The number of hydrogen-bond donors (Lipinski definition) is 1. The quantitative estimate of drug-likeness (QED) is 0.670. The van der Waals surface area contributed by atoms with E-state index in [0.717, 1.165) is 9.87 Å². The second-order valence-electron chi connectivity index (χ2n) is 7.97. The number of benzene rings is 2. The third kappa shape index (κ3) is 4.82. The van der Waals surface area contributed by atoms with Gasteiger partial charge in [0.2, 0.25) is 26.0 Å². The van der Waals surface area contributed by atoms with Crippen molar-refractivity contribution in [3.63, 3.8) is 0 Å². The summed E-state index contributed by atoms with van der Waals surface area (Å²) in [5, 5.41) is 0. The summed E-state index contributed by atoms with van der Waals surface area (Å²) in [4.78, 5) is 14.3. The smallest absolute Gasteiger partial charge is 0.244 e. The second kappa shape index (κ2) is 8.70. The van der Waals surface area contributed by atoms with Crippen LogP contribution in [-0.2, 0) is 24.8 Å². The van der Waals surface area contributed by atoms with E-state index in [2.05, 4.69) is 4.72 Å². The molecule has 10 heteroatoms. The first-order chi connectivity index (χ1) is 14.4. The van der Waals surface area contributed by atoms with Crippen molar-refractivity contribution in [1.29, 1.82) is 0 Å². The highest BCUT2D eigenvalue weighted by atomic mass is 32.2. The molecule has 1 aliphatic heterocycles.